The first-order valence-corrected chi connectivity index (χ1v) is 22.7. The van der Waals surface area contributed by atoms with Crippen LogP contribution in [0, 0.1) is 6.92 Å². The molecule has 0 aliphatic heterocycles. The molecule has 4 aromatic rings. The van der Waals surface area contributed by atoms with Crippen LogP contribution in [0.15, 0.2) is 184 Å². The Morgan fingerprint density at radius 2 is 1.23 bits per heavy atom. The molecule has 3 aromatic carbocycles. The fourth-order valence-electron chi connectivity index (χ4n) is 7.55. The molecule has 4 rings (SSSR count). The summed E-state index contributed by atoms with van der Waals surface area (Å²) in [5, 5.41) is 24.1. The molecule has 6 N–H and O–H groups in total. The van der Waals surface area contributed by atoms with Crippen molar-refractivity contribution in [1.82, 2.24) is 36.9 Å². The molecule has 0 radical (unpaired) electrons. The summed E-state index contributed by atoms with van der Waals surface area (Å²) in [7, 11) is 0. The van der Waals surface area contributed by atoms with Gasteiger partial charge in [-0.15, -0.1) is 13.2 Å². The summed E-state index contributed by atoms with van der Waals surface area (Å²) in [6, 6.07) is 27.8. The number of nitrogens with zero attached hydrogens (tertiary/aromatic N) is 1. The van der Waals surface area contributed by atoms with Crippen molar-refractivity contribution in [2.24, 2.45) is 0 Å². The normalized spacial score (nSPS) is 12.7. The molecule has 0 saturated heterocycles. The van der Waals surface area contributed by atoms with Crippen LogP contribution in [0.2, 0.25) is 0 Å². The number of nitrogens with one attached hydrogen (secondary N) is 6. The first kappa shape index (κ1) is 50.2. The van der Waals surface area contributed by atoms with Gasteiger partial charge in [0.25, 0.3) is 0 Å². The Bertz CT molecular complexity index is 2280. The molecule has 338 valence electrons. The molecule has 0 aliphatic rings. The van der Waals surface area contributed by atoms with Crippen molar-refractivity contribution >= 4 is 22.2 Å². The number of pyridine rings is 1. The van der Waals surface area contributed by atoms with E-state index >= 15 is 0 Å². The summed E-state index contributed by atoms with van der Waals surface area (Å²) in [4.78, 5) is 4.32. The molecule has 64 heavy (non-hydrogen) atoms. The molecule has 1 heterocycles. The predicted octanol–water partition coefficient (Wildman–Crippen LogP) is 12.1. The molecule has 7 heteroatoms. The van der Waals surface area contributed by atoms with E-state index in [0.29, 0.717) is 6.54 Å². The lowest BCUT2D eigenvalue weighted by molar-refractivity contribution is 0.495. The number of benzene rings is 3. The quantitative estimate of drug-likeness (QED) is 0.0222. The third-order valence-electron chi connectivity index (χ3n) is 11.5. The van der Waals surface area contributed by atoms with Crippen LogP contribution in [0.3, 0.4) is 0 Å². The van der Waals surface area contributed by atoms with Gasteiger partial charge in [-0.3, -0.25) is 4.98 Å². The van der Waals surface area contributed by atoms with E-state index in [1.807, 2.05) is 31.3 Å². The zero-order valence-corrected chi connectivity index (χ0v) is 39.4. The molecular formula is C57H75N7. The Hall–Kier alpha value is -6.47. The van der Waals surface area contributed by atoms with Crippen LogP contribution in [-0.2, 0) is 13.0 Å². The van der Waals surface area contributed by atoms with E-state index in [1.54, 1.807) is 0 Å². The number of rotatable bonds is 31. The Morgan fingerprint density at radius 1 is 0.609 bits per heavy atom. The van der Waals surface area contributed by atoms with Gasteiger partial charge in [0.15, 0.2) is 0 Å². The first-order valence-electron chi connectivity index (χ1n) is 22.7. The van der Waals surface area contributed by atoms with Gasteiger partial charge in [0.1, 0.15) is 0 Å². The Morgan fingerprint density at radius 3 is 1.89 bits per heavy atom. The molecule has 0 bridgehead atoms. The molecule has 1 aromatic heterocycles. The minimum absolute atomic E-state index is 0.0148. The number of fused-ring (bicyclic) bond motifs is 1. The van der Waals surface area contributed by atoms with Gasteiger partial charge in [-0.05, 0) is 119 Å². The summed E-state index contributed by atoms with van der Waals surface area (Å²) in [5.41, 5.74) is 12.2. The number of unbranched alkanes of at least 4 members (excludes halogenated alkanes) is 1. The highest BCUT2D eigenvalue weighted by Gasteiger charge is 2.18. The number of allylic oxidation sites excluding steroid dienone is 2. The van der Waals surface area contributed by atoms with E-state index in [0.717, 1.165) is 120 Å². The van der Waals surface area contributed by atoms with E-state index in [2.05, 4.69) is 184 Å². The molecular weight excluding hydrogens is 783 g/mol. The third-order valence-corrected chi connectivity index (χ3v) is 11.5. The van der Waals surface area contributed by atoms with E-state index in [-0.39, 0.29) is 24.2 Å². The fraction of sp³-hybridized carbons (Fsp3) is 0.316. The summed E-state index contributed by atoms with van der Waals surface area (Å²) < 4.78 is 0. The van der Waals surface area contributed by atoms with Gasteiger partial charge in [0.2, 0.25) is 0 Å². The smallest absolute Gasteiger partial charge is 0.0921 e. The number of hydrogen-bond donors (Lipinski definition) is 6. The van der Waals surface area contributed by atoms with Crippen LogP contribution >= 0.6 is 0 Å². The monoisotopic (exact) mass is 858 g/mol. The van der Waals surface area contributed by atoms with Gasteiger partial charge in [-0.2, -0.15) is 0 Å². The van der Waals surface area contributed by atoms with Crippen LogP contribution < -0.4 is 31.9 Å². The van der Waals surface area contributed by atoms with Gasteiger partial charge >= 0.3 is 0 Å². The second kappa shape index (κ2) is 25.6. The Balaban J connectivity index is 1.35. The molecule has 4 atom stereocenters. The van der Waals surface area contributed by atoms with E-state index in [4.69, 9.17) is 0 Å². The van der Waals surface area contributed by atoms with Crippen LogP contribution in [-0.4, -0.2) is 35.7 Å². The molecule has 0 amide bonds. The van der Waals surface area contributed by atoms with Crippen LogP contribution in [0.5, 0.6) is 0 Å². The minimum Gasteiger partial charge on any atom is -0.387 e. The van der Waals surface area contributed by atoms with Gasteiger partial charge in [0.05, 0.1) is 17.9 Å². The van der Waals surface area contributed by atoms with Crippen molar-refractivity contribution < 1.29 is 0 Å². The maximum atomic E-state index is 4.55. The predicted molar refractivity (Wildman–Crippen MR) is 278 cm³/mol. The van der Waals surface area contributed by atoms with Crippen molar-refractivity contribution in [1.29, 1.82) is 0 Å². The van der Waals surface area contributed by atoms with Crippen LogP contribution in [0.25, 0.3) is 22.2 Å². The maximum Gasteiger partial charge on any atom is 0.0921 e. The minimum atomic E-state index is -0.0884. The molecule has 0 aliphatic carbocycles. The molecule has 7 nitrogen and oxygen atoms in total. The highest BCUT2D eigenvalue weighted by atomic mass is 15.1. The van der Waals surface area contributed by atoms with Gasteiger partial charge in [0, 0.05) is 65.4 Å². The highest BCUT2D eigenvalue weighted by molar-refractivity contribution is 5.83. The third kappa shape index (κ3) is 16.7. The lowest BCUT2D eigenvalue weighted by Gasteiger charge is -2.27. The lowest BCUT2D eigenvalue weighted by atomic mass is 9.99. The number of aromatic nitrogens is 1. The maximum absolute atomic E-state index is 4.55. The molecule has 4 unspecified atom stereocenters. The average molecular weight is 858 g/mol. The SMILES string of the molecule is C=CCCC(NC(=C)c1ccnc(C)c1)C(=C)NCc1ccc(C(=C)NC(Cc2ccc3ccccc3c2)C(=C)NCCCCC(NC(=C)NC(CCC(=C)C)C(=C)C)C(=C)C)cc1. The van der Waals surface area contributed by atoms with Crippen LogP contribution in [0.1, 0.15) is 93.7 Å². The molecule has 0 saturated carbocycles. The average Bonchev–Trinajstić information content (AvgIpc) is 3.27. The largest absolute Gasteiger partial charge is 0.387 e. The van der Waals surface area contributed by atoms with Crippen molar-refractivity contribution in [3.63, 3.8) is 0 Å². The molecule has 0 spiro atoms. The summed E-state index contributed by atoms with van der Waals surface area (Å²) in [5.74, 6) is 0.797. The van der Waals surface area contributed by atoms with Crippen molar-refractivity contribution in [2.45, 2.75) is 110 Å². The summed E-state index contributed by atoms with van der Waals surface area (Å²) in [6.07, 6.45) is 11.0. The zero-order chi connectivity index (χ0) is 46.6. The second-order valence-electron chi connectivity index (χ2n) is 17.4. The standard InChI is InChI=1S/C57H75N7/c1-14-15-22-56(61-44(10)52-32-34-58-42(8)35-52)45(11)60-38-48-25-28-50(29-26-48)43(9)62-57(37-49-27-30-51-20-16-17-21-53(51)36-49)46(12)59-33-19-18-23-54(40(4)5)63-47(13)64-55(41(6)7)31-24-39(2)3/h14,16-17,20-21,25-30,32,34-36,54-57,59-64H,1-2,4,6,9-13,15,18-19,22-24,31,33,37-38H2,3,5,7-8H3. The van der Waals surface area contributed by atoms with Crippen molar-refractivity contribution in [3.8, 4) is 0 Å². The van der Waals surface area contributed by atoms with Crippen molar-refractivity contribution in [3.05, 3.63) is 212 Å². The topological polar surface area (TPSA) is 85.1 Å². The second-order valence-corrected chi connectivity index (χ2v) is 17.4. The first-order chi connectivity index (χ1) is 30.6. The van der Waals surface area contributed by atoms with Gasteiger partial charge in [-0.25, -0.2) is 0 Å². The highest BCUT2D eigenvalue weighted by Crippen LogP contribution is 2.21. The summed E-state index contributed by atoms with van der Waals surface area (Å²) >= 11 is 0. The zero-order valence-electron chi connectivity index (χ0n) is 39.4. The van der Waals surface area contributed by atoms with Crippen molar-refractivity contribution in [2.75, 3.05) is 6.54 Å². The van der Waals surface area contributed by atoms with Crippen LogP contribution in [0.4, 0.5) is 0 Å². The van der Waals surface area contributed by atoms with E-state index < -0.39 is 0 Å². The Kier molecular flexibility index (Phi) is 20.1. The van der Waals surface area contributed by atoms with E-state index in [9.17, 15) is 0 Å². The van der Waals surface area contributed by atoms with Gasteiger partial charge in [-0.1, -0.05) is 136 Å². The number of aryl methyl sites for hydroxylation is 1. The Labute approximate surface area is 386 Å². The lowest BCUT2D eigenvalue weighted by Crippen LogP contribution is -2.40. The number of hydrogen-bond acceptors (Lipinski definition) is 7. The summed E-state index contributed by atoms with van der Waals surface area (Å²) in [6.45, 7) is 48.1. The molecule has 0 fully saturated rings. The van der Waals surface area contributed by atoms with Gasteiger partial charge < -0.3 is 31.9 Å². The van der Waals surface area contributed by atoms with E-state index in [1.165, 1.54) is 21.9 Å². The fourth-order valence-corrected chi connectivity index (χ4v) is 7.55.